The van der Waals surface area contributed by atoms with Gasteiger partial charge >= 0.3 is 5.97 Å². The van der Waals surface area contributed by atoms with Gasteiger partial charge in [-0.05, 0) is 54.9 Å². The molecule has 1 amide bonds. The Kier molecular flexibility index (Phi) is 12.1. The first-order valence-corrected chi connectivity index (χ1v) is 14.4. The minimum Gasteiger partial charge on any atom is -0.481 e. The van der Waals surface area contributed by atoms with Crippen LogP contribution >= 0.6 is 11.8 Å². The van der Waals surface area contributed by atoms with Gasteiger partial charge in [-0.2, -0.15) is 0 Å². The van der Waals surface area contributed by atoms with Gasteiger partial charge < -0.3 is 15.3 Å². The van der Waals surface area contributed by atoms with Gasteiger partial charge in [0, 0.05) is 18.8 Å². The number of hydrogen-bond donors (Lipinski definition) is 2. The van der Waals surface area contributed by atoms with Crippen LogP contribution in [0.4, 0.5) is 5.82 Å². The van der Waals surface area contributed by atoms with Crippen LogP contribution in [0.2, 0.25) is 0 Å². The Hall–Kier alpha value is -2.02. The maximum Gasteiger partial charge on any atom is 0.307 e. The molecule has 0 bridgehead atoms. The van der Waals surface area contributed by atoms with E-state index in [1.54, 1.807) is 11.8 Å². The molecule has 0 radical (unpaired) electrons. The van der Waals surface area contributed by atoms with Crippen LogP contribution in [0.25, 0.3) is 0 Å². The van der Waals surface area contributed by atoms with Crippen molar-refractivity contribution >= 4 is 29.5 Å². The maximum absolute atomic E-state index is 13.0. The third-order valence-corrected chi connectivity index (χ3v) is 8.20. The number of carboxylic acid groups (broad SMARTS) is 1. The molecule has 2 unspecified atom stereocenters. The van der Waals surface area contributed by atoms with E-state index in [1.807, 2.05) is 26.0 Å². The molecule has 1 saturated heterocycles. The molecule has 0 aromatic carbocycles. The Bertz CT molecular complexity index is 848. The van der Waals surface area contributed by atoms with Crippen molar-refractivity contribution in [1.82, 2.24) is 10.3 Å². The van der Waals surface area contributed by atoms with Gasteiger partial charge in [0.05, 0.1) is 11.5 Å². The summed E-state index contributed by atoms with van der Waals surface area (Å²) in [6, 6.07) is 3.75. The van der Waals surface area contributed by atoms with Gasteiger partial charge in [-0.25, -0.2) is 4.98 Å². The predicted molar refractivity (Wildman–Crippen MR) is 146 cm³/mol. The molecular weight excluding hydrogens is 458 g/mol. The molecule has 7 heteroatoms. The van der Waals surface area contributed by atoms with Gasteiger partial charge in [-0.15, -0.1) is 11.8 Å². The summed E-state index contributed by atoms with van der Waals surface area (Å²) < 4.78 is 0. The van der Waals surface area contributed by atoms with Crippen molar-refractivity contribution in [3.05, 3.63) is 30.0 Å². The number of unbranched alkanes of at least 4 members (excludes halogenated alkanes) is 2. The highest BCUT2D eigenvalue weighted by atomic mass is 32.2. The van der Waals surface area contributed by atoms with E-state index in [9.17, 15) is 14.7 Å². The number of carboxylic acids is 1. The summed E-state index contributed by atoms with van der Waals surface area (Å²) in [6.45, 7) is 16.2. The van der Waals surface area contributed by atoms with E-state index in [1.165, 1.54) is 19.3 Å². The zero-order chi connectivity index (χ0) is 26.0. The molecule has 1 aliphatic heterocycles. The Morgan fingerprint density at radius 2 is 1.89 bits per heavy atom. The number of anilines is 1. The largest absolute Gasteiger partial charge is 0.481 e. The number of carbonyl (C=O) groups excluding carboxylic acids is 1. The Morgan fingerprint density at radius 1 is 1.20 bits per heavy atom. The number of fused-ring (bicyclic) bond motifs is 1. The molecule has 2 heterocycles. The summed E-state index contributed by atoms with van der Waals surface area (Å²) in [5, 5.41) is 13.0. The van der Waals surface area contributed by atoms with Crippen LogP contribution in [0.15, 0.2) is 29.4 Å². The molecule has 1 aromatic rings. The highest BCUT2D eigenvalue weighted by Crippen LogP contribution is 2.52. The van der Waals surface area contributed by atoms with Gasteiger partial charge in [-0.1, -0.05) is 66.9 Å². The number of allylic oxidation sites excluding steroid dienone is 1. The first-order valence-electron chi connectivity index (χ1n) is 13.5. The number of aromatic nitrogens is 1. The number of amides is 1. The highest BCUT2D eigenvalue weighted by Gasteiger charge is 2.60. The lowest BCUT2D eigenvalue weighted by Gasteiger charge is -2.21. The summed E-state index contributed by atoms with van der Waals surface area (Å²) in [5.41, 5.74) is 1.35. The van der Waals surface area contributed by atoms with Crippen molar-refractivity contribution in [3.8, 4) is 0 Å². The smallest absolute Gasteiger partial charge is 0.307 e. The van der Waals surface area contributed by atoms with Crippen molar-refractivity contribution in [2.24, 2.45) is 23.7 Å². The van der Waals surface area contributed by atoms with Crippen molar-refractivity contribution in [2.45, 2.75) is 84.6 Å². The molecule has 1 saturated carbocycles. The number of pyridine rings is 1. The molecule has 3 rings (SSSR count). The van der Waals surface area contributed by atoms with E-state index >= 15 is 0 Å². The Morgan fingerprint density at radius 3 is 2.49 bits per heavy atom. The quantitative estimate of drug-likeness (QED) is 0.219. The van der Waals surface area contributed by atoms with Crippen molar-refractivity contribution < 1.29 is 14.7 Å². The van der Waals surface area contributed by atoms with E-state index in [2.05, 4.69) is 37.6 Å². The molecule has 1 aromatic heterocycles. The molecule has 1 aliphatic carbocycles. The Balaban J connectivity index is 0.00000210. The maximum atomic E-state index is 13.0. The third kappa shape index (κ3) is 8.26. The molecule has 4 atom stereocenters. The standard InChI is InChI=1S/C26H39N3O3S.C2H6/c1-5-14-33-25-19(24(30)27-18(4)11-9-7-8-10-17(3)6-2)12-13-22(28-25)29-15-20-21(16-29)23(20)26(31)32;1-2/h12-13,17,20-21,23H,4-11,14-16H2,1-3H3,(H,27,30)(H,31,32);1-2H3/t17?,20-,21+,23?;. The van der Waals surface area contributed by atoms with Crippen molar-refractivity contribution in [3.63, 3.8) is 0 Å². The zero-order valence-corrected chi connectivity index (χ0v) is 23.1. The normalized spacial score (nSPS) is 20.9. The molecule has 196 valence electrons. The van der Waals surface area contributed by atoms with Gasteiger partial charge in [0.25, 0.3) is 5.91 Å². The average Bonchev–Trinajstić information content (AvgIpc) is 3.37. The lowest BCUT2D eigenvalue weighted by atomic mass is 10.0. The molecule has 2 aliphatic rings. The van der Waals surface area contributed by atoms with E-state index in [0.717, 1.165) is 67.0 Å². The van der Waals surface area contributed by atoms with Crippen LogP contribution in [-0.4, -0.2) is 40.8 Å². The highest BCUT2D eigenvalue weighted by molar-refractivity contribution is 7.99. The fraction of sp³-hybridized carbons (Fsp3) is 0.679. The Labute approximate surface area is 216 Å². The SMILES string of the molecule is C=C(CCCCCC(C)CC)NC(=O)c1ccc(N2C[C@@H]3C(C(=O)O)[C@@H]3C2)nc1SCCC.CC. The number of rotatable bonds is 14. The van der Waals surface area contributed by atoms with Crippen LogP contribution in [-0.2, 0) is 4.79 Å². The lowest BCUT2D eigenvalue weighted by molar-refractivity contribution is -0.139. The van der Waals surface area contributed by atoms with Gasteiger partial charge in [-0.3, -0.25) is 9.59 Å². The minimum absolute atomic E-state index is 0.146. The minimum atomic E-state index is -0.681. The van der Waals surface area contributed by atoms with E-state index in [-0.39, 0.29) is 23.7 Å². The third-order valence-electron chi connectivity index (χ3n) is 7.00. The first-order chi connectivity index (χ1) is 16.8. The number of piperidine rings is 1. The summed E-state index contributed by atoms with van der Waals surface area (Å²) in [7, 11) is 0. The van der Waals surface area contributed by atoms with Crippen LogP contribution in [0.5, 0.6) is 0 Å². The summed E-state index contributed by atoms with van der Waals surface area (Å²) in [4.78, 5) is 31.2. The number of aliphatic carboxylic acids is 1. The van der Waals surface area contributed by atoms with Crippen LogP contribution in [0.1, 0.15) is 89.9 Å². The zero-order valence-electron chi connectivity index (χ0n) is 22.3. The molecule has 2 fully saturated rings. The molecule has 35 heavy (non-hydrogen) atoms. The van der Waals surface area contributed by atoms with Crippen molar-refractivity contribution in [2.75, 3.05) is 23.7 Å². The van der Waals surface area contributed by atoms with Gasteiger partial charge in [0.1, 0.15) is 10.8 Å². The fourth-order valence-electron chi connectivity index (χ4n) is 4.67. The number of nitrogens with one attached hydrogen (secondary N) is 1. The second-order valence-electron chi connectivity index (χ2n) is 9.64. The van der Waals surface area contributed by atoms with Gasteiger partial charge in [0.15, 0.2) is 0 Å². The average molecular weight is 504 g/mol. The summed E-state index contributed by atoms with van der Waals surface area (Å²) >= 11 is 1.60. The summed E-state index contributed by atoms with van der Waals surface area (Å²) in [5.74, 6) is 1.95. The monoisotopic (exact) mass is 503 g/mol. The number of hydrogen-bond acceptors (Lipinski definition) is 5. The molecular formula is C28H45N3O3S. The van der Waals surface area contributed by atoms with E-state index in [0.29, 0.717) is 5.56 Å². The van der Waals surface area contributed by atoms with E-state index < -0.39 is 5.97 Å². The number of thioether (sulfide) groups is 1. The first kappa shape index (κ1) is 29.2. The van der Waals surface area contributed by atoms with Crippen molar-refractivity contribution in [1.29, 1.82) is 0 Å². The predicted octanol–water partition coefficient (Wildman–Crippen LogP) is 6.62. The number of nitrogens with zero attached hydrogens (tertiary/aromatic N) is 2. The molecule has 2 N–H and O–H groups in total. The second-order valence-corrected chi connectivity index (χ2v) is 10.7. The number of carbonyl (C=O) groups is 2. The van der Waals surface area contributed by atoms with Crippen LogP contribution in [0.3, 0.4) is 0 Å². The molecule has 0 spiro atoms. The van der Waals surface area contributed by atoms with Crippen LogP contribution in [0, 0.1) is 23.7 Å². The second kappa shape index (κ2) is 14.5. The topological polar surface area (TPSA) is 82.5 Å². The fourth-order valence-corrected chi connectivity index (χ4v) is 5.54. The summed E-state index contributed by atoms with van der Waals surface area (Å²) in [6.07, 6.45) is 7.72. The van der Waals surface area contributed by atoms with Crippen LogP contribution < -0.4 is 10.2 Å². The lowest BCUT2D eigenvalue weighted by Crippen LogP contribution is -2.28. The van der Waals surface area contributed by atoms with E-state index in [4.69, 9.17) is 4.98 Å². The van der Waals surface area contributed by atoms with Gasteiger partial charge in [0.2, 0.25) is 0 Å². The molecule has 6 nitrogen and oxygen atoms in total.